The molecule has 277 valence electrons. The number of rotatable bonds is 42. The van der Waals surface area contributed by atoms with E-state index in [0.717, 1.165) is 12.3 Å². The first kappa shape index (κ1) is 46.0. The summed E-state index contributed by atoms with van der Waals surface area (Å²) >= 11 is 0. The Labute approximate surface area is 295 Å². The van der Waals surface area contributed by atoms with Crippen LogP contribution in [0.3, 0.4) is 0 Å². The van der Waals surface area contributed by atoms with Gasteiger partial charge in [0.05, 0.1) is 0 Å². The quantitative estimate of drug-likeness (QED) is 0.0579. The maximum Gasteiger partial charge on any atom is -0.0414 e. The van der Waals surface area contributed by atoms with Crippen molar-refractivity contribution in [3.8, 4) is 0 Å². The van der Waals surface area contributed by atoms with E-state index in [0.29, 0.717) is 0 Å². The predicted molar refractivity (Wildman–Crippen MR) is 214 cm³/mol. The molecular formula is C46H93. The van der Waals surface area contributed by atoms with Crippen LogP contribution in [0, 0.1) is 12.8 Å². The van der Waals surface area contributed by atoms with Crippen LogP contribution in [0.25, 0.3) is 0 Å². The van der Waals surface area contributed by atoms with Crippen molar-refractivity contribution in [2.75, 3.05) is 0 Å². The van der Waals surface area contributed by atoms with Crippen molar-refractivity contribution < 1.29 is 0 Å². The fraction of sp³-hybridized carbons (Fsp3) is 0.978. The predicted octanol–water partition coefficient (Wildman–Crippen LogP) is 17.9. The Morgan fingerprint density at radius 1 is 0.239 bits per heavy atom. The summed E-state index contributed by atoms with van der Waals surface area (Å²) in [5.74, 6) is 1.02. The lowest BCUT2D eigenvalue weighted by Gasteiger charge is -2.17. The fourth-order valence-corrected chi connectivity index (χ4v) is 7.71. The van der Waals surface area contributed by atoms with Crippen LogP contribution >= 0.6 is 0 Å². The molecule has 46 heavy (non-hydrogen) atoms. The molecule has 0 rings (SSSR count). The standard InChI is InChI=1S/C46H93/c1-4-7-10-13-15-17-19-21-23-24-25-26-27-29-31-33-35-37-39-42-45-46(43-40-12-9-6-3)44-41-38-36-34-32-30-28-22-20-18-16-14-11-8-5-2/h46H,3-45H2,1-2H3. The van der Waals surface area contributed by atoms with Crippen molar-refractivity contribution in [3.63, 3.8) is 0 Å². The van der Waals surface area contributed by atoms with E-state index < -0.39 is 0 Å². The smallest absolute Gasteiger partial charge is 0.0414 e. The van der Waals surface area contributed by atoms with Gasteiger partial charge in [-0.05, 0) is 5.92 Å². The lowest BCUT2D eigenvalue weighted by molar-refractivity contribution is 0.366. The lowest BCUT2D eigenvalue weighted by Crippen LogP contribution is -2.01. The number of unbranched alkanes of at least 4 members (excludes halogenated alkanes) is 36. The maximum atomic E-state index is 4.06. The van der Waals surface area contributed by atoms with Gasteiger partial charge in [0.15, 0.2) is 0 Å². The average molecular weight is 646 g/mol. The van der Waals surface area contributed by atoms with Crippen LogP contribution in [0.5, 0.6) is 0 Å². The fourth-order valence-electron chi connectivity index (χ4n) is 7.71. The summed E-state index contributed by atoms with van der Waals surface area (Å²) in [6.45, 7) is 8.68. The van der Waals surface area contributed by atoms with Gasteiger partial charge in [0.1, 0.15) is 0 Å². The Balaban J connectivity index is 3.56. The van der Waals surface area contributed by atoms with Crippen molar-refractivity contribution in [3.05, 3.63) is 6.92 Å². The summed E-state index contributed by atoms with van der Waals surface area (Å²) in [5, 5.41) is 0. The molecule has 0 saturated heterocycles. The van der Waals surface area contributed by atoms with Crippen LogP contribution in [-0.4, -0.2) is 0 Å². The summed E-state index contributed by atoms with van der Waals surface area (Å²) < 4.78 is 0. The van der Waals surface area contributed by atoms with E-state index in [1.165, 1.54) is 263 Å². The molecule has 0 aliphatic carbocycles. The molecule has 0 heteroatoms. The maximum absolute atomic E-state index is 4.06. The molecule has 0 aromatic carbocycles. The highest BCUT2D eigenvalue weighted by Crippen LogP contribution is 2.25. The summed E-state index contributed by atoms with van der Waals surface area (Å²) in [6.07, 6.45) is 61.6. The van der Waals surface area contributed by atoms with E-state index >= 15 is 0 Å². The molecule has 0 fully saturated rings. The summed E-state index contributed by atoms with van der Waals surface area (Å²) in [7, 11) is 0. The van der Waals surface area contributed by atoms with Gasteiger partial charge >= 0.3 is 0 Å². The Morgan fingerprint density at radius 2 is 0.413 bits per heavy atom. The molecular weight excluding hydrogens is 553 g/mol. The van der Waals surface area contributed by atoms with Gasteiger partial charge in [-0.25, -0.2) is 0 Å². The second-order valence-electron chi connectivity index (χ2n) is 15.8. The first-order chi connectivity index (χ1) is 22.8. The monoisotopic (exact) mass is 646 g/mol. The van der Waals surface area contributed by atoms with E-state index in [9.17, 15) is 0 Å². The van der Waals surface area contributed by atoms with Crippen molar-refractivity contribution >= 4 is 0 Å². The topological polar surface area (TPSA) is 0 Å². The van der Waals surface area contributed by atoms with Crippen LogP contribution in [0.1, 0.15) is 284 Å². The van der Waals surface area contributed by atoms with Crippen LogP contribution < -0.4 is 0 Å². The van der Waals surface area contributed by atoms with Gasteiger partial charge in [0.2, 0.25) is 0 Å². The zero-order valence-corrected chi connectivity index (χ0v) is 33.0. The molecule has 0 heterocycles. The molecule has 0 aliphatic heterocycles. The van der Waals surface area contributed by atoms with Gasteiger partial charge in [-0.2, -0.15) is 0 Å². The second-order valence-corrected chi connectivity index (χ2v) is 15.8. The molecule has 0 nitrogen and oxygen atoms in total. The van der Waals surface area contributed by atoms with Gasteiger partial charge in [-0.15, -0.1) is 0 Å². The SMILES string of the molecule is [CH2]CCCCCC(CCCCCCCCCCCCCCCCC)CCCCCCCCCCCCCCCCCCCCCC. The third-order valence-electron chi connectivity index (χ3n) is 11.0. The van der Waals surface area contributed by atoms with Gasteiger partial charge in [0, 0.05) is 0 Å². The first-order valence-corrected chi connectivity index (χ1v) is 22.6. The summed E-state index contributed by atoms with van der Waals surface area (Å²) in [5.41, 5.74) is 0. The normalized spacial score (nSPS) is 12.3. The number of hydrogen-bond acceptors (Lipinski definition) is 0. The van der Waals surface area contributed by atoms with Crippen molar-refractivity contribution in [2.24, 2.45) is 5.92 Å². The van der Waals surface area contributed by atoms with Crippen LogP contribution in [0.4, 0.5) is 0 Å². The van der Waals surface area contributed by atoms with Gasteiger partial charge in [-0.1, -0.05) is 290 Å². The molecule has 0 spiro atoms. The Morgan fingerprint density at radius 3 is 0.609 bits per heavy atom. The minimum Gasteiger partial charge on any atom is -0.0654 e. The minimum atomic E-state index is 1.02. The molecule has 1 unspecified atom stereocenters. The van der Waals surface area contributed by atoms with E-state index in [-0.39, 0.29) is 0 Å². The highest BCUT2D eigenvalue weighted by molar-refractivity contribution is 4.62. The zero-order chi connectivity index (χ0) is 33.3. The van der Waals surface area contributed by atoms with E-state index in [4.69, 9.17) is 0 Å². The molecule has 1 radical (unpaired) electrons. The molecule has 0 bridgehead atoms. The second kappa shape index (κ2) is 43.0. The molecule has 0 aliphatic rings. The van der Waals surface area contributed by atoms with Crippen LogP contribution in [0.15, 0.2) is 0 Å². The largest absolute Gasteiger partial charge is 0.0654 e. The average Bonchev–Trinajstić information content (AvgIpc) is 3.07. The van der Waals surface area contributed by atoms with Gasteiger partial charge in [-0.3, -0.25) is 0 Å². The Bertz CT molecular complexity index is 494. The number of hydrogen-bond donors (Lipinski definition) is 0. The molecule has 0 amide bonds. The molecule has 0 saturated carbocycles. The minimum absolute atomic E-state index is 1.02. The van der Waals surface area contributed by atoms with Crippen LogP contribution in [-0.2, 0) is 0 Å². The van der Waals surface area contributed by atoms with Gasteiger partial charge in [0.25, 0.3) is 0 Å². The zero-order valence-electron chi connectivity index (χ0n) is 33.0. The Kier molecular flexibility index (Phi) is 43.0. The Hall–Kier alpha value is 0. The third kappa shape index (κ3) is 40.2. The van der Waals surface area contributed by atoms with Crippen molar-refractivity contribution in [1.82, 2.24) is 0 Å². The molecule has 1 atom stereocenters. The van der Waals surface area contributed by atoms with E-state index in [1.54, 1.807) is 0 Å². The summed E-state index contributed by atoms with van der Waals surface area (Å²) in [6, 6.07) is 0. The molecule has 0 aromatic rings. The van der Waals surface area contributed by atoms with E-state index in [2.05, 4.69) is 20.8 Å². The molecule has 0 N–H and O–H groups in total. The van der Waals surface area contributed by atoms with Crippen molar-refractivity contribution in [1.29, 1.82) is 0 Å². The van der Waals surface area contributed by atoms with Crippen LogP contribution in [0.2, 0.25) is 0 Å². The molecule has 0 aromatic heterocycles. The van der Waals surface area contributed by atoms with E-state index in [1.807, 2.05) is 0 Å². The highest BCUT2D eigenvalue weighted by atomic mass is 14.1. The third-order valence-corrected chi connectivity index (χ3v) is 11.0. The van der Waals surface area contributed by atoms with Gasteiger partial charge < -0.3 is 0 Å². The first-order valence-electron chi connectivity index (χ1n) is 22.6. The van der Waals surface area contributed by atoms with Crippen molar-refractivity contribution in [2.45, 2.75) is 284 Å². The lowest BCUT2D eigenvalue weighted by atomic mass is 9.89. The highest BCUT2D eigenvalue weighted by Gasteiger charge is 2.09. The summed E-state index contributed by atoms with van der Waals surface area (Å²) in [4.78, 5) is 0.